The van der Waals surface area contributed by atoms with Gasteiger partial charge in [-0.15, -0.1) is 0 Å². The lowest BCUT2D eigenvalue weighted by molar-refractivity contribution is 0.0783. The number of nitrogens with zero attached hydrogens (tertiary/aromatic N) is 5. The molecule has 1 amide bonds. The Morgan fingerprint density at radius 1 is 1.38 bits per heavy atom. The van der Waals surface area contributed by atoms with Crippen molar-refractivity contribution in [1.29, 1.82) is 0 Å². The maximum Gasteiger partial charge on any atom is 0.276 e. The van der Waals surface area contributed by atoms with Gasteiger partial charge in [0.1, 0.15) is 11.5 Å². The molecule has 3 aromatic rings. The van der Waals surface area contributed by atoms with Crippen molar-refractivity contribution in [1.82, 2.24) is 23.8 Å². The molecule has 0 unspecified atom stereocenters. The van der Waals surface area contributed by atoms with Crippen molar-refractivity contribution in [3.05, 3.63) is 53.8 Å². The first-order valence-electron chi connectivity index (χ1n) is 7.83. The summed E-state index contributed by atoms with van der Waals surface area (Å²) in [5, 5.41) is 0. The van der Waals surface area contributed by atoms with Gasteiger partial charge in [-0.25, -0.2) is 9.97 Å². The summed E-state index contributed by atoms with van der Waals surface area (Å²) in [6.07, 6.45) is 6.73. The maximum absolute atomic E-state index is 14.4. The first-order valence-corrected chi connectivity index (χ1v) is 7.83. The maximum atomic E-state index is 14.4. The Labute approximate surface area is 139 Å². The Bertz CT molecular complexity index is 882. The van der Waals surface area contributed by atoms with Crippen molar-refractivity contribution >= 4 is 11.6 Å². The van der Waals surface area contributed by atoms with Gasteiger partial charge in [0.15, 0.2) is 5.69 Å². The van der Waals surface area contributed by atoms with Crippen molar-refractivity contribution < 1.29 is 9.18 Å². The SMILES string of the molecule is Cc1ccn2c(F)c(C(=O)N(C)CCCc3nccn3C)nc2c1. The average Bonchev–Trinajstić information content (AvgIpc) is 3.10. The van der Waals surface area contributed by atoms with E-state index in [0.717, 1.165) is 24.2 Å². The zero-order valence-corrected chi connectivity index (χ0v) is 14.0. The first kappa shape index (κ1) is 16.2. The van der Waals surface area contributed by atoms with E-state index in [1.54, 1.807) is 31.6 Å². The van der Waals surface area contributed by atoms with Gasteiger partial charge >= 0.3 is 0 Å². The standard InChI is InChI=1S/C17H20FN5O/c1-12-6-9-23-14(11-12)20-15(16(23)18)17(24)22(3)8-4-5-13-19-7-10-21(13)2/h6-7,9-11H,4-5,8H2,1-3H3. The van der Waals surface area contributed by atoms with Crippen LogP contribution in [-0.4, -0.2) is 43.3 Å². The summed E-state index contributed by atoms with van der Waals surface area (Å²) in [7, 11) is 3.60. The van der Waals surface area contributed by atoms with Crippen LogP contribution in [0.3, 0.4) is 0 Å². The van der Waals surface area contributed by atoms with Gasteiger partial charge in [-0.2, -0.15) is 4.39 Å². The summed E-state index contributed by atoms with van der Waals surface area (Å²) < 4.78 is 17.7. The number of amides is 1. The molecule has 24 heavy (non-hydrogen) atoms. The molecule has 3 rings (SSSR count). The highest BCUT2D eigenvalue weighted by Crippen LogP contribution is 2.14. The average molecular weight is 329 g/mol. The van der Waals surface area contributed by atoms with Crippen LogP contribution in [0.15, 0.2) is 30.7 Å². The van der Waals surface area contributed by atoms with E-state index in [-0.39, 0.29) is 5.69 Å². The van der Waals surface area contributed by atoms with Crippen molar-refractivity contribution in [2.75, 3.05) is 13.6 Å². The van der Waals surface area contributed by atoms with Crippen LogP contribution < -0.4 is 0 Å². The Morgan fingerprint density at radius 3 is 2.88 bits per heavy atom. The molecule has 3 aromatic heterocycles. The number of halogens is 1. The lowest BCUT2D eigenvalue weighted by Crippen LogP contribution is -2.29. The number of aryl methyl sites for hydroxylation is 3. The Balaban J connectivity index is 1.69. The number of pyridine rings is 1. The highest BCUT2D eigenvalue weighted by atomic mass is 19.1. The smallest absolute Gasteiger partial charge is 0.276 e. The molecule has 0 aliphatic carbocycles. The molecule has 126 valence electrons. The van der Waals surface area contributed by atoms with Crippen LogP contribution >= 0.6 is 0 Å². The zero-order valence-electron chi connectivity index (χ0n) is 14.0. The third-order valence-electron chi connectivity index (χ3n) is 4.09. The Hall–Kier alpha value is -2.70. The van der Waals surface area contributed by atoms with Gasteiger partial charge in [-0.3, -0.25) is 9.20 Å². The number of aromatic nitrogens is 4. The van der Waals surface area contributed by atoms with E-state index in [4.69, 9.17) is 0 Å². The minimum absolute atomic E-state index is 0.139. The van der Waals surface area contributed by atoms with E-state index in [0.29, 0.717) is 12.2 Å². The van der Waals surface area contributed by atoms with Gasteiger partial charge in [0.2, 0.25) is 5.95 Å². The quantitative estimate of drug-likeness (QED) is 0.721. The number of imidazole rings is 2. The molecule has 0 bridgehead atoms. The second-order valence-corrected chi connectivity index (χ2v) is 5.97. The number of hydrogen-bond donors (Lipinski definition) is 0. The van der Waals surface area contributed by atoms with Crippen LogP contribution in [0, 0.1) is 12.9 Å². The topological polar surface area (TPSA) is 55.4 Å². The highest BCUT2D eigenvalue weighted by Gasteiger charge is 2.22. The summed E-state index contributed by atoms with van der Waals surface area (Å²) in [5.74, 6) is -0.0649. The molecule has 0 aliphatic heterocycles. The minimum atomic E-state index is -0.619. The third kappa shape index (κ3) is 3.02. The second kappa shape index (κ2) is 6.43. The van der Waals surface area contributed by atoms with E-state index in [2.05, 4.69) is 9.97 Å². The van der Waals surface area contributed by atoms with Crippen molar-refractivity contribution in [3.63, 3.8) is 0 Å². The summed E-state index contributed by atoms with van der Waals surface area (Å²) in [6, 6.07) is 3.53. The van der Waals surface area contributed by atoms with Crippen LogP contribution in [0.2, 0.25) is 0 Å². The number of carbonyl (C=O) groups excluding carboxylic acids is 1. The third-order valence-corrected chi connectivity index (χ3v) is 4.09. The molecular weight excluding hydrogens is 309 g/mol. The molecule has 0 aromatic carbocycles. The van der Waals surface area contributed by atoms with Gasteiger partial charge in [-0.05, 0) is 31.0 Å². The molecule has 0 atom stereocenters. The van der Waals surface area contributed by atoms with Crippen molar-refractivity contribution in [2.45, 2.75) is 19.8 Å². The fourth-order valence-corrected chi connectivity index (χ4v) is 2.65. The fourth-order valence-electron chi connectivity index (χ4n) is 2.65. The first-order chi connectivity index (χ1) is 11.5. The van der Waals surface area contributed by atoms with Crippen LogP contribution in [0.1, 0.15) is 28.3 Å². The summed E-state index contributed by atoms with van der Waals surface area (Å²) in [5.41, 5.74) is 1.27. The Kier molecular flexibility index (Phi) is 4.33. The summed E-state index contributed by atoms with van der Waals surface area (Å²) in [6.45, 7) is 2.41. The minimum Gasteiger partial charge on any atom is -0.340 e. The van der Waals surface area contributed by atoms with E-state index >= 15 is 0 Å². The van der Waals surface area contributed by atoms with Crippen molar-refractivity contribution in [2.24, 2.45) is 7.05 Å². The molecule has 0 N–H and O–H groups in total. The number of rotatable bonds is 5. The number of carbonyl (C=O) groups is 1. The van der Waals surface area contributed by atoms with Crippen LogP contribution in [-0.2, 0) is 13.5 Å². The molecule has 0 radical (unpaired) electrons. The molecule has 0 saturated carbocycles. The zero-order chi connectivity index (χ0) is 17.3. The lowest BCUT2D eigenvalue weighted by atomic mass is 10.2. The normalized spacial score (nSPS) is 11.2. The van der Waals surface area contributed by atoms with Gasteiger partial charge < -0.3 is 9.47 Å². The fraction of sp³-hybridized carbons (Fsp3) is 0.353. The number of fused-ring (bicyclic) bond motifs is 1. The molecule has 7 heteroatoms. The van der Waals surface area contributed by atoms with Gasteiger partial charge in [0, 0.05) is 45.7 Å². The molecule has 0 fully saturated rings. The van der Waals surface area contributed by atoms with E-state index in [1.165, 1.54) is 9.30 Å². The van der Waals surface area contributed by atoms with Crippen LogP contribution in [0.4, 0.5) is 4.39 Å². The molecule has 3 heterocycles. The summed E-state index contributed by atoms with van der Waals surface area (Å²) >= 11 is 0. The predicted octanol–water partition coefficient (Wildman–Crippen LogP) is 2.22. The molecular formula is C17H20FN5O. The highest BCUT2D eigenvalue weighted by molar-refractivity contribution is 5.93. The lowest BCUT2D eigenvalue weighted by Gasteiger charge is -2.15. The van der Waals surface area contributed by atoms with Crippen LogP contribution in [0.5, 0.6) is 0 Å². The van der Waals surface area contributed by atoms with E-state index in [9.17, 15) is 9.18 Å². The predicted molar refractivity (Wildman–Crippen MR) is 88.4 cm³/mol. The summed E-state index contributed by atoms with van der Waals surface area (Å²) in [4.78, 5) is 22.4. The monoisotopic (exact) mass is 329 g/mol. The number of hydrogen-bond acceptors (Lipinski definition) is 3. The van der Waals surface area contributed by atoms with Crippen molar-refractivity contribution in [3.8, 4) is 0 Å². The second-order valence-electron chi connectivity index (χ2n) is 5.97. The van der Waals surface area contributed by atoms with E-state index < -0.39 is 11.9 Å². The Morgan fingerprint density at radius 2 is 2.17 bits per heavy atom. The molecule has 6 nitrogen and oxygen atoms in total. The largest absolute Gasteiger partial charge is 0.340 e. The molecule has 0 saturated heterocycles. The molecule has 0 spiro atoms. The van der Waals surface area contributed by atoms with E-state index in [1.807, 2.05) is 24.7 Å². The molecule has 0 aliphatic rings. The van der Waals surface area contributed by atoms with Gasteiger partial charge in [-0.1, -0.05) is 0 Å². The van der Waals surface area contributed by atoms with Crippen LogP contribution in [0.25, 0.3) is 5.65 Å². The van der Waals surface area contributed by atoms with Gasteiger partial charge in [0.25, 0.3) is 5.91 Å². The van der Waals surface area contributed by atoms with Gasteiger partial charge in [0.05, 0.1) is 0 Å².